The summed E-state index contributed by atoms with van der Waals surface area (Å²) in [5.74, 6) is 0.499. The number of hydrogen-bond donors (Lipinski definition) is 0. The van der Waals surface area contributed by atoms with Crippen LogP contribution in [-0.4, -0.2) is 6.71 Å². The molecule has 73 heavy (non-hydrogen) atoms. The molecule has 0 amide bonds. The van der Waals surface area contributed by atoms with Gasteiger partial charge in [-0.15, -0.1) is 11.3 Å². The number of rotatable bonds is 4. The van der Waals surface area contributed by atoms with E-state index in [4.69, 9.17) is 0 Å². The van der Waals surface area contributed by atoms with Crippen LogP contribution in [-0.2, 0) is 21.7 Å². The molecule has 0 radical (unpaired) electrons. The Hall–Kier alpha value is -6.36. The molecule has 4 heteroatoms. The minimum absolute atomic E-state index is 0.00968. The van der Waals surface area contributed by atoms with Crippen LogP contribution in [0.1, 0.15) is 151 Å². The topological polar surface area (TPSA) is 6.48 Å². The lowest BCUT2D eigenvalue weighted by Gasteiger charge is -2.49. The quantitative estimate of drug-likeness (QED) is 0.162. The lowest BCUT2D eigenvalue weighted by molar-refractivity contribution is 0.332. The van der Waals surface area contributed by atoms with Gasteiger partial charge in [-0.05, 0) is 164 Å². The average molecular weight is 967 g/mol. The van der Waals surface area contributed by atoms with Gasteiger partial charge in [-0.2, -0.15) is 0 Å². The van der Waals surface area contributed by atoms with E-state index in [2.05, 4.69) is 224 Å². The molecule has 8 aromatic carbocycles. The molecule has 1 aromatic heterocycles. The smallest absolute Gasteiger partial charge is 0.252 e. The van der Waals surface area contributed by atoms with Crippen LogP contribution in [0.25, 0.3) is 31.3 Å². The first-order chi connectivity index (χ1) is 35.1. The zero-order chi connectivity index (χ0) is 49.9. The van der Waals surface area contributed by atoms with E-state index in [9.17, 15) is 0 Å². The number of anilines is 6. The normalized spacial score (nSPS) is 18.7. The maximum Gasteiger partial charge on any atom is 0.252 e. The Labute approximate surface area is 438 Å². The second-order valence-corrected chi connectivity index (χ2v) is 26.1. The summed E-state index contributed by atoms with van der Waals surface area (Å²) in [5, 5.41) is 2.70. The van der Waals surface area contributed by atoms with Crippen LogP contribution in [0.2, 0.25) is 0 Å². The number of fused-ring (bicyclic) bond motifs is 10. The van der Waals surface area contributed by atoms with Crippen molar-refractivity contribution in [3.63, 3.8) is 0 Å². The van der Waals surface area contributed by atoms with Gasteiger partial charge in [-0.3, -0.25) is 0 Å². The summed E-state index contributed by atoms with van der Waals surface area (Å²) in [7, 11) is 0. The van der Waals surface area contributed by atoms with E-state index in [0.29, 0.717) is 5.92 Å². The summed E-state index contributed by atoms with van der Waals surface area (Å²) in [5.41, 5.74) is 25.9. The van der Waals surface area contributed by atoms with Crippen molar-refractivity contribution in [3.05, 3.63) is 196 Å². The van der Waals surface area contributed by atoms with Gasteiger partial charge in [0.05, 0.1) is 5.69 Å². The monoisotopic (exact) mass is 967 g/mol. The third kappa shape index (κ3) is 6.54. The number of para-hydroxylation sites is 1. The highest BCUT2D eigenvalue weighted by atomic mass is 32.1. The highest BCUT2D eigenvalue weighted by Gasteiger charge is 2.49. The van der Waals surface area contributed by atoms with Gasteiger partial charge < -0.3 is 9.80 Å². The molecular weight excluding hydrogens is 900 g/mol. The zero-order valence-electron chi connectivity index (χ0n) is 44.3. The number of benzene rings is 8. The Morgan fingerprint density at radius 2 is 1.01 bits per heavy atom. The molecule has 3 heterocycles. The third-order valence-corrected chi connectivity index (χ3v) is 20.2. The van der Waals surface area contributed by atoms with Crippen molar-refractivity contribution in [2.45, 2.75) is 135 Å². The molecule has 3 aliphatic carbocycles. The third-order valence-electron chi connectivity index (χ3n) is 19.1. The molecule has 14 rings (SSSR count). The van der Waals surface area contributed by atoms with Crippen LogP contribution < -0.4 is 26.2 Å². The standard InChI is InChI=1S/C69H67BN2S/c1-42-34-51-52(67(4,5)33-32-66(51,2)3)39-58(42)72-59-40-54-53(68(6,7)49-28-18-19-29-50(49)69(54,8)9)38-56(59)70-55-37-48-47-27-17-21-31-63(47)73-64(48)41-60(55)71(57-30-20-16-26-46(57)44-24-14-11-15-25-44)61-35-45(36-62(72)65(61)70)43-22-12-10-13-23-43/h11,14-21,24-31,34-41,43H,10,12-13,22-23,32-33H2,1-9H3. The first-order valence-corrected chi connectivity index (χ1v) is 28.3. The maximum atomic E-state index is 2.80. The summed E-state index contributed by atoms with van der Waals surface area (Å²) in [6, 6.07) is 60.0. The van der Waals surface area contributed by atoms with Gasteiger partial charge in [-0.25, -0.2) is 0 Å². The molecule has 2 nitrogen and oxygen atoms in total. The van der Waals surface area contributed by atoms with E-state index in [-0.39, 0.29) is 28.4 Å². The van der Waals surface area contributed by atoms with Crippen molar-refractivity contribution < 1.29 is 0 Å². The summed E-state index contributed by atoms with van der Waals surface area (Å²) < 4.78 is 2.68. The lowest BCUT2D eigenvalue weighted by atomic mass is 9.33. The summed E-state index contributed by atoms with van der Waals surface area (Å²) in [4.78, 5) is 5.53. The van der Waals surface area contributed by atoms with E-state index in [0.717, 1.165) is 0 Å². The second kappa shape index (κ2) is 15.8. The predicted octanol–water partition coefficient (Wildman–Crippen LogP) is 17.5. The number of nitrogens with zero attached hydrogens (tertiary/aromatic N) is 2. The van der Waals surface area contributed by atoms with E-state index < -0.39 is 0 Å². The summed E-state index contributed by atoms with van der Waals surface area (Å²) in [6.07, 6.45) is 8.73. The molecule has 1 saturated carbocycles. The fourth-order valence-electron chi connectivity index (χ4n) is 14.9. The molecular formula is C69H67BN2S. The van der Waals surface area contributed by atoms with E-state index in [1.807, 2.05) is 11.3 Å². The molecule has 0 saturated heterocycles. The van der Waals surface area contributed by atoms with Crippen LogP contribution >= 0.6 is 11.3 Å². The molecule has 2 aliphatic heterocycles. The Morgan fingerprint density at radius 3 is 1.73 bits per heavy atom. The molecule has 0 atom stereocenters. The summed E-state index contributed by atoms with van der Waals surface area (Å²) >= 11 is 1.94. The largest absolute Gasteiger partial charge is 0.311 e. The van der Waals surface area contributed by atoms with Gasteiger partial charge in [0.25, 0.3) is 6.71 Å². The Morgan fingerprint density at radius 1 is 0.452 bits per heavy atom. The molecule has 0 spiro atoms. The minimum Gasteiger partial charge on any atom is -0.311 e. The van der Waals surface area contributed by atoms with E-state index >= 15 is 0 Å². The van der Waals surface area contributed by atoms with Gasteiger partial charge in [0, 0.05) is 59.6 Å². The van der Waals surface area contributed by atoms with Gasteiger partial charge in [0.1, 0.15) is 0 Å². The molecule has 0 unspecified atom stereocenters. The highest BCUT2D eigenvalue weighted by molar-refractivity contribution is 7.26. The van der Waals surface area contributed by atoms with Crippen molar-refractivity contribution in [3.8, 4) is 11.1 Å². The average Bonchev–Trinajstić information content (AvgIpc) is 3.76. The molecule has 362 valence electrons. The Balaban J connectivity index is 1.15. The number of hydrogen-bond acceptors (Lipinski definition) is 3. The van der Waals surface area contributed by atoms with Crippen LogP contribution in [0.15, 0.2) is 152 Å². The van der Waals surface area contributed by atoms with Crippen molar-refractivity contribution in [2.75, 3.05) is 9.80 Å². The van der Waals surface area contributed by atoms with Crippen molar-refractivity contribution in [2.24, 2.45) is 0 Å². The minimum atomic E-state index is -0.210. The number of thiophene rings is 1. The fourth-order valence-corrected chi connectivity index (χ4v) is 16.0. The van der Waals surface area contributed by atoms with Crippen LogP contribution in [0.4, 0.5) is 34.1 Å². The molecule has 0 bridgehead atoms. The summed E-state index contributed by atoms with van der Waals surface area (Å²) in [6.45, 7) is 22.3. The molecule has 0 N–H and O–H groups in total. The van der Waals surface area contributed by atoms with Crippen LogP contribution in [0.3, 0.4) is 0 Å². The highest BCUT2D eigenvalue weighted by Crippen LogP contribution is 2.56. The first kappa shape index (κ1) is 45.3. The van der Waals surface area contributed by atoms with Gasteiger partial charge in [0.15, 0.2) is 0 Å². The second-order valence-electron chi connectivity index (χ2n) is 25.0. The zero-order valence-corrected chi connectivity index (χ0v) is 45.2. The molecule has 5 aliphatic rings. The van der Waals surface area contributed by atoms with Crippen LogP contribution in [0, 0.1) is 6.92 Å². The van der Waals surface area contributed by atoms with E-state index in [1.165, 1.54) is 171 Å². The van der Waals surface area contributed by atoms with Gasteiger partial charge in [-0.1, -0.05) is 184 Å². The number of aryl methyl sites for hydroxylation is 1. The van der Waals surface area contributed by atoms with Crippen LogP contribution in [0.5, 0.6) is 0 Å². The molecule has 1 fully saturated rings. The molecule has 9 aromatic rings. The fraction of sp³-hybridized carbons (Fsp3) is 0.304. The van der Waals surface area contributed by atoms with Gasteiger partial charge in [0.2, 0.25) is 0 Å². The van der Waals surface area contributed by atoms with Crippen molar-refractivity contribution in [1.29, 1.82) is 0 Å². The van der Waals surface area contributed by atoms with Gasteiger partial charge >= 0.3 is 0 Å². The predicted molar refractivity (Wildman–Crippen MR) is 315 cm³/mol. The Kier molecular flexibility index (Phi) is 9.82. The lowest BCUT2D eigenvalue weighted by Crippen LogP contribution is -2.62. The SMILES string of the molecule is Cc1cc2c(cc1N1c3cc4c(cc3B3c5cc6c(cc5N(c5ccccc5-c5ccccc5)c5cc(C7CCCCC7)cc1c53)sc1ccccc16)C(C)(C)c1ccccc1C4(C)C)C(C)(C)CCC2(C)C. The van der Waals surface area contributed by atoms with Crippen molar-refractivity contribution >= 4 is 88.7 Å². The first-order valence-electron chi connectivity index (χ1n) is 27.4. The maximum absolute atomic E-state index is 2.80. The van der Waals surface area contributed by atoms with Crippen molar-refractivity contribution in [1.82, 2.24) is 0 Å². The Bertz CT molecular complexity index is 3770. The van der Waals surface area contributed by atoms with E-state index in [1.54, 1.807) is 0 Å².